The molecule has 0 fully saturated rings. The van der Waals surface area contributed by atoms with Crippen LogP contribution in [0.25, 0.3) is 10.6 Å². The summed E-state index contributed by atoms with van der Waals surface area (Å²) in [5.74, 6) is -1.31. The molecule has 0 bridgehead atoms. The van der Waals surface area contributed by atoms with Gasteiger partial charge in [0.2, 0.25) is 5.91 Å². The van der Waals surface area contributed by atoms with Gasteiger partial charge in [-0.2, -0.15) is 11.3 Å². The molecule has 21 heavy (non-hydrogen) atoms. The number of hydrogen-bond acceptors (Lipinski definition) is 5. The van der Waals surface area contributed by atoms with Gasteiger partial charge in [0, 0.05) is 16.3 Å². The van der Waals surface area contributed by atoms with Crippen molar-refractivity contribution < 1.29 is 14.7 Å². The summed E-state index contributed by atoms with van der Waals surface area (Å²) >= 11 is 3.08. The minimum absolute atomic E-state index is 0.105. The van der Waals surface area contributed by atoms with Gasteiger partial charge in [-0.25, -0.2) is 9.78 Å². The highest BCUT2D eigenvalue weighted by molar-refractivity contribution is 7.14. The first-order chi connectivity index (χ1) is 10.1. The molecule has 0 aliphatic heterocycles. The zero-order valence-electron chi connectivity index (χ0n) is 11.5. The van der Waals surface area contributed by atoms with Crippen molar-refractivity contribution in [2.24, 2.45) is 0 Å². The van der Waals surface area contributed by atoms with Crippen molar-refractivity contribution in [2.45, 2.75) is 32.2 Å². The number of amides is 1. The summed E-state index contributed by atoms with van der Waals surface area (Å²) in [6.07, 6.45) is 1.24. The summed E-state index contributed by atoms with van der Waals surface area (Å²) in [4.78, 5) is 27.3. The first kappa shape index (κ1) is 15.7. The molecule has 1 atom stereocenters. The van der Waals surface area contributed by atoms with Gasteiger partial charge in [0.05, 0.1) is 12.1 Å². The Morgan fingerprint density at radius 1 is 1.43 bits per heavy atom. The quantitative estimate of drug-likeness (QED) is 0.821. The smallest absolute Gasteiger partial charge is 0.326 e. The normalized spacial score (nSPS) is 12.0. The molecule has 0 saturated heterocycles. The number of carboxylic acid groups (broad SMARTS) is 1. The molecule has 2 aromatic heterocycles. The van der Waals surface area contributed by atoms with Crippen LogP contribution in [0.3, 0.4) is 0 Å². The van der Waals surface area contributed by atoms with E-state index in [1.54, 1.807) is 11.3 Å². The highest BCUT2D eigenvalue weighted by Crippen LogP contribution is 2.25. The van der Waals surface area contributed by atoms with Crippen LogP contribution in [-0.2, 0) is 16.0 Å². The highest BCUT2D eigenvalue weighted by atomic mass is 32.1. The zero-order chi connectivity index (χ0) is 15.2. The van der Waals surface area contributed by atoms with E-state index in [4.69, 9.17) is 5.11 Å². The van der Waals surface area contributed by atoms with Crippen LogP contribution in [0.5, 0.6) is 0 Å². The Morgan fingerprint density at radius 3 is 2.86 bits per heavy atom. The van der Waals surface area contributed by atoms with Gasteiger partial charge in [0.15, 0.2) is 0 Å². The molecule has 0 aromatic carbocycles. The molecule has 0 radical (unpaired) electrons. The van der Waals surface area contributed by atoms with Gasteiger partial charge in [0.25, 0.3) is 0 Å². The third kappa shape index (κ3) is 4.37. The summed E-state index contributed by atoms with van der Waals surface area (Å²) in [5, 5.41) is 18.3. The Labute approximate surface area is 130 Å². The van der Waals surface area contributed by atoms with Crippen molar-refractivity contribution in [3.8, 4) is 10.6 Å². The number of carbonyl (C=O) groups excluding carboxylic acids is 1. The lowest BCUT2D eigenvalue weighted by atomic mass is 10.1. The molecular formula is C14H16N2O3S2. The second-order valence-corrected chi connectivity index (χ2v) is 6.22. The largest absolute Gasteiger partial charge is 0.480 e. The number of carboxylic acids is 1. The molecule has 2 N–H and O–H groups in total. The standard InChI is InChI=1S/C14H16N2O3S2/c1-2-3-11(14(18)19)16-12(17)6-10-8-21-13(15-10)9-4-5-20-7-9/h4-5,7-8,11H,2-3,6H2,1H3,(H,16,17)(H,18,19). The molecule has 2 heterocycles. The first-order valence-corrected chi connectivity index (χ1v) is 8.41. The average molecular weight is 324 g/mol. The van der Waals surface area contributed by atoms with Crippen LogP contribution < -0.4 is 5.32 Å². The Balaban J connectivity index is 1.95. The third-order valence-corrected chi connectivity index (χ3v) is 4.50. The molecule has 2 aromatic rings. The van der Waals surface area contributed by atoms with Crippen LogP contribution in [0, 0.1) is 0 Å². The molecular weight excluding hydrogens is 308 g/mol. The summed E-state index contributed by atoms with van der Waals surface area (Å²) < 4.78 is 0. The van der Waals surface area contributed by atoms with E-state index in [0.717, 1.165) is 10.6 Å². The fourth-order valence-corrected chi connectivity index (χ4v) is 3.39. The highest BCUT2D eigenvalue weighted by Gasteiger charge is 2.19. The lowest BCUT2D eigenvalue weighted by Crippen LogP contribution is -2.41. The van der Waals surface area contributed by atoms with Gasteiger partial charge in [-0.3, -0.25) is 4.79 Å². The molecule has 1 amide bonds. The summed E-state index contributed by atoms with van der Waals surface area (Å²) in [6.45, 7) is 1.88. The molecule has 112 valence electrons. The second kappa shape index (κ2) is 7.33. The maximum atomic E-state index is 11.9. The zero-order valence-corrected chi connectivity index (χ0v) is 13.2. The monoisotopic (exact) mass is 324 g/mol. The van der Waals surface area contributed by atoms with Crippen LogP contribution in [0.15, 0.2) is 22.2 Å². The fraction of sp³-hybridized carbons (Fsp3) is 0.357. The molecule has 1 unspecified atom stereocenters. The summed E-state index contributed by atoms with van der Waals surface area (Å²) in [5.41, 5.74) is 1.71. The predicted molar refractivity (Wildman–Crippen MR) is 83.6 cm³/mol. The van der Waals surface area contributed by atoms with Crippen molar-refractivity contribution in [3.63, 3.8) is 0 Å². The number of nitrogens with one attached hydrogen (secondary N) is 1. The second-order valence-electron chi connectivity index (χ2n) is 4.58. The third-order valence-electron chi connectivity index (χ3n) is 2.87. The SMILES string of the molecule is CCCC(NC(=O)Cc1csc(-c2ccsc2)n1)C(=O)O. The predicted octanol–water partition coefficient (Wildman–Crippen LogP) is 2.78. The number of hydrogen-bond donors (Lipinski definition) is 2. The number of rotatable bonds is 7. The lowest BCUT2D eigenvalue weighted by Gasteiger charge is -2.12. The van der Waals surface area contributed by atoms with E-state index >= 15 is 0 Å². The summed E-state index contributed by atoms with van der Waals surface area (Å²) in [6, 6.07) is 1.16. The van der Waals surface area contributed by atoms with E-state index in [0.29, 0.717) is 18.5 Å². The Kier molecular flexibility index (Phi) is 5.46. The maximum Gasteiger partial charge on any atom is 0.326 e. The van der Waals surface area contributed by atoms with Gasteiger partial charge in [0.1, 0.15) is 11.0 Å². The number of thiazole rings is 1. The average Bonchev–Trinajstić information content (AvgIpc) is 3.08. The van der Waals surface area contributed by atoms with Gasteiger partial charge in [-0.1, -0.05) is 13.3 Å². The Morgan fingerprint density at radius 2 is 2.24 bits per heavy atom. The van der Waals surface area contributed by atoms with Gasteiger partial charge < -0.3 is 10.4 Å². The van der Waals surface area contributed by atoms with E-state index in [1.165, 1.54) is 11.3 Å². The summed E-state index contributed by atoms with van der Waals surface area (Å²) in [7, 11) is 0. The molecule has 7 heteroatoms. The van der Waals surface area contributed by atoms with Gasteiger partial charge in [-0.15, -0.1) is 11.3 Å². The molecule has 0 spiro atoms. The van der Waals surface area contributed by atoms with Gasteiger partial charge in [-0.05, 0) is 17.9 Å². The lowest BCUT2D eigenvalue weighted by molar-refractivity contribution is -0.141. The van der Waals surface area contributed by atoms with Crippen LogP contribution >= 0.6 is 22.7 Å². The van der Waals surface area contributed by atoms with E-state index in [-0.39, 0.29) is 12.3 Å². The molecule has 2 rings (SSSR count). The van der Waals surface area contributed by atoms with Gasteiger partial charge >= 0.3 is 5.97 Å². The van der Waals surface area contributed by atoms with Crippen molar-refractivity contribution in [1.29, 1.82) is 0 Å². The van der Waals surface area contributed by atoms with E-state index in [9.17, 15) is 9.59 Å². The minimum Gasteiger partial charge on any atom is -0.480 e. The number of nitrogens with zero attached hydrogens (tertiary/aromatic N) is 1. The molecule has 0 saturated carbocycles. The van der Waals surface area contributed by atoms with Crippen LogP contribution in [0.2, 0.25) is 0 Å². The number of carbonyl (C=O) groups is 2. The van der Waals surface area contributed by atoms with E-state index < -0.39 is 12.0 Å². The molecule has 0 aliphatic carbocycles. The first-order valence-electron chi connectivity index (χ1n) is 6.59. The van der Waals surface area contributed by atoms with Crippen molar-refractivity contribution in [2.75, 3.05) is 0 Å². The minimum atomic E-state index is -0.998. The molecule has 0 aliphatic rings. The van der Waals surface area contributed by atoms with E-state index in [2.05, 4.69) is 10.3 Å². The Hall–Kier alpha value is -1.73. The number of aliphatic carboxylic acids is 1. The maximum absolute atomic E-state index is 11.9. The van der Waals surface area contributed by atoms with E-state index in [1.807, 2.05) is 29.1 Å². The van der Waals surface area contributed by atoms with Crippen LogP contribution in [0.4, 0.5) is 0 Å². The van der Waals surface area contributed by atoms with Crippen LogP contribution in [0.1, 0.15) is 25.5 Å². The fourth-order valence-electron chi connectivity index (χ4n) is 1.86. The van der Waals surface area contributed by atoms with Crippen molar-refractivity contribution >= 4 is 34.6 Å². The molecule has 5 nitrogen and oxygen atoms in total. The van der Waals surface area contributed by atoms with Crippen molar-refractivity contribution in [1.82, 2.24) is 10.3 Å². The number of thiophene rings is 1. The number of aromatic nitrogens is 1. The van der Waals surface area contributed by atoms with Crippen molar-refractivity contribution in [3.05, 3.63) is 27.9 Å². The Bertz CT molecular complexity index is 608. The van der Waals surface area contributed by atoms with Crippen LogP contribution in [-0.4, -0.2) is 28.0 Å². The topological polar surface area (TPSA) is 79.3 Å².